The highest BCUT2D eigenvalue weighted by atomic mass is 14.7. The zero-order chi connectivity index (χ0) is 23.0. The standard InChI is InChI=1S/C32H29N/c1-31(2,3)25-13-12-20-10-11-23(16-24(20)17-25)30-29-26(14-15-33-30)27-18-21-8-6-7-9-22(21)19-28(27)32(29,4)5/h6-19H,1-5H3. The van der Waals surface area contributed by atoms with Gasteiger partial charge in [-0.05, 0) is 79.0 Å². The van der Waals surface area contributed by atoms with E-state index in [1.54, 1.807) is 0 Å². The molecule has 1 heteroatoms. The van der Waals surface area contributed by atoms with Crippen molar-refractivity contribution < 1.29 is 0 Å². The molecule has 1 aromatic heterocycles. The Kier molecular flexibility index (Phi) is 4.14. The zero-order valence-corrected chi connectivity index (χ0v) is 20.0. The van der Waals surface area contributed by atoms with Gasteiger partial charge in [-0.15, -0.1) is 0 Å². The average Bonchev–Trinajstić information content (AvgIpc) is 3.03. The summed E-state index contributed by atoms with van der Waals surface area (Å²) in [5, 5.41) is 5.14. The number of aromatic nitrogens is 1. The zero-order valence-electron chi connectivity index (χ0n) is 20.0. The van der Waals surface area contributed by atoms with E-state index >= 15 is 0 Å². The van der Waals surface area contributed by atoms with Crippen LogP contribution in [0.25, 0.3) is 43.9 Å². The lowest BCUT2D eigenvalue weighted by molar-refractivity contribution is 0.591. The summed E-state index contributed by atoms with van der Waals surface area (Å²) in [5.41, 5.74) is 9.04. The third-order valence-corrected chi connectivity index (χ3v) is 7.41. The van der Waals surface area contributed by atoms with Gasteiger partial charge in [0.15, 0.2) is 0 Å². The Morgan fingerprint density at radius 2 is 1.39 bits per heavy atom. The Balaban J connectivity index is 1.58. The molecule has 5 aromatic rings. The van der Waals surface area contributed by atoms with E-state index in [1.807, 2.05) is 6.20 Å². The van der Waals surface area contributed by atoms with Gasteiger partial charge in [-0.3, -0.25) is 4.98 Å². The van der Waals surface area contributed by atoms with Gasteiger partial charge < -0.3 is 0 Å². The molecular formula is C32H29N. The minimum Gasteiger partial charge on any atom is -0.256 e. The molecule has 1 heterocycles. The number of benzene rings is 4. The van der Waals surface area contributed by atoms with Crippen molar-refractivity contribution in [2.24, 2.45) is 0 Å². The highest BCUT2D eigenvalue weighted by Gasteiger charge is 2.38. The van der Waals surface area contributed by atoms with Crippen molar-refractivity contribution in [2.45, 2.75) is 45.4 Å². The third-order valence-electron chi connectivity index (χ3n) is 7.41. The van der Waals surface area contributed by atoms with Crippen molar-refractivity contribution in [3.63, 3.8) is 0 Å². The van der Waals surface area contributed by atoms with Gasteiger partial charge in [0.2, 0.25) is 0 Å². The quantitative estimate of drug-likeness (QED) is 0.261. The minimum absolute atomic E-state index is 0.111. The summed E-state index contributed by atoms with van der Waals surface area (Å²) in [6.45, 7) is 11.5. The van der Waals surface area contributed by atoms with E-state index in [9.17, 15) is 0 Å². The summed E-state index contributed by atoms with van der Waals surface area (Å²) in [5.74, 6) is 0. The fourth-order valence-corrected chi connectivity index (χ4v) is 5.51. The average molecular weight is 428 g/mol. The van der Waals surface area contributed by atoms with Crippen LogP contribution in [-0.2, 0) is 10.8 Å². The number of fused-ring (bicyclic) bond motifs is 5. The van der Waals surface area contributed by atoms with Crippen LogP contribution in [0, 0.1) is 0 Å². The molecule has 0 unspecified atom stereocenters. The van der Waals surface area contributed by atoms with Crippen LogP contribution in [0.4, 0.5) is 0 Å². The van der Waals surface area contributed by atoms with Gasteiger partial charge in [0, 0.05) is 17.2 Å². The lowest BCUT2D eigenvalue weighted by Gasteiger charge is -2.24. The molecule has 0 fully saturated rings. The van der Waals surface area contributed by atoms with Crippen LogP contribution < -0.4 is 0 Å². The Bertz CT molecular complexity index is 1560. The molecule has 0 saturated carbocycles. The summed E-state index contributed by atoms with van der Waals surface area (Å²) in [6.07, 6.45) is 1.98. The lowest BCUT2D eigenvalue weighted by atomic mass is 9.80. The van der Waals surface area contributed by atoms with Gasteiger partial charge in [-0.1, -0.05) is 89.2 Å². The van der Waals surface area contributed by atoms with Crippen molar-refractivity contribution in [1.82, 2.24) is 4.98 Å². The first kappa shape index (κ1) is 20.2. The second-order valence-corrected chi connectivity index (χ2v) is 11.0. The summed E-state index contributed by atoms with van der Waals surface area (Å²) >= 11 is 0. The second-order valence-electron chi connectivity index (χ2n) is 11.0. The largest absolute Gasteiger partial charge is 0.256 e. The van der Waals surface area contributed by atoms with Gasteiger partial charge in [0.05, 0.1) is 5.69 Å². The Morgan fingerprint density at radius 1 is 0.667 bits per heavy atom. The van der Waals surface area contributed by atoms with E-state index in [1.165, 1.54) is 54.9 Å². The van der Waals surface area contributed by atoms with Crippen LogP contribution in [0.2, 0.25) is 0 Å². The van der Waals surface area contributed by atoms with Crippen LogP contribution >= 0.6 is 0 Å². The van der Waals surface area contributed by atoms with Gasteiger partial charge in [-0.25, -0.2) is 0 Å². The highest BCUT2D eigenvalue weighted by Crippen LogP contribution is 2.52. The van der Waals surface area contributed by atoms with E-state index in [2.05, 4.69) is 113 Å². The van der Waals surface area contributed by atoms with Crippen molar-refractivity contribution in [2.75, 3.05) is 0 Å². The molecule has 1 aliphatic rings. The van der Waals surface area contributed by atoms with Gasteiger partial charge >= 0.3 is 0 Å². The van der Waals surface area contributed by atoms with Crippen LogP contribution in [0.3, 0.4) is 0 Å². The van der Waals surface area contributed by atoms with Crippen LogP contribution in [-0.4, -0.2) is 4.98 Å². The number of hydrogen-bond acceptors (Lipinski definition) is 1. The fourth-order valence-electron chi connectivity index (χ4n) is 5.51. The minimum atomic E-state index is -0.111. The molecule has 4 aromatic carbocycles. The number of hydrogen-bond donors (Lipinski definition) is 0. The molecule has 0 N–H and O–H groups in total. The first-order chi connectivity index (χ1) is 15.7. The van der Waals surface area contributed by atoms with E-state index in [0.29, 0.717) is 0 Å². The monoisotopic (exact) mass is 427 g/mol. The predicted octanol–water partition coefficient (Wildman–Crippen LogP) is 8.66. The van der Waals surface area contributed by atoms with Crippen LogP contribution in [0.1, 0.15) is 51.3 Å². The van der Waals surface area contributed by atoms with Crippen molar-refractivity contribution in [1.29, 1.82) is 0 Å². The first-order valence-corrected chi connectivity index (χ1v) is 11.8. The molecule has 6 rings (SSSR count). The predicted molar refractivity (Wildman–Crippen MR) is 141 cm³/mol. The van der Waals surface area contributed by atoms with Gasteiger partial charge in [-0.2, -0.15) is 0 Å². The summed E-state index contributed by atoms with van der Waals surface area (Å²) in [4.78, 5) is 4.95. The third kappa shape index (κ3) is 3.03. The molecule has 0 saturated heterocycles. The number of rotatable bonds is 1. The molecule has 33 heavy (non-hydrogen) atoms. The molecule has 0 atom stereocenters. The Morgan fingerprint density at radius 3 is 2.15 bits per heavy atom. The Hall–Kier alpha value is -3.45. The van der Waals surface area contributed by atoms with E-state index in [4.69, 9.17) is 4.98 Å². The number of pyridine rings is 1. The van der Waals surface area contributed by atoms with E-state index in [0.717, 1.165) is 5.69 Å². The Labute approximate surface area is 196 Å². The molecule has 1 aliphatic carbocycles. The van der Waals surface area contributed by atoms with Crippen LogP contribution in [0.5, 0.6) is 0 Å². The molecule has 1 nitrogen and oxygen atoms in total. The summed E-state index contributed by atoms with van der Waals surface area (Å²) in [6, 6.07) is 29.2. The maximum Gasteiger partial charge on any atom is 0.0749 e. The molecular weight excluding hydrogens is 398 g/mol. The summed E-state index contributed by atoms with van der Waals surface area (Å²) in [7, 11) is 0. The van der Waals surface area contributed by atoms with Crippen molar-refractivity contribution >= 4 is 21.5 Å². The number of nitrogens with zero attached hydrogens (tertiary/aromatic N) is 1. The lowest BCUT2D eigenvalue weighted by Crippen LogP contribution is -2.17. The molecule has 162 valence electrons. The normalized spacial score (nSPS) is 14.5. The van der Waals surface area contributed by atoms with E-state index in [-0.39, 0.29) is 10.8 Å². The molecule has 0 bridgehead atoms. The fraction of sp³-hybridized carbons (Fsp3) is 0.219. The molecule has 0 amide bonds. The van der Waals surface area contributed by atoms with Crippen molar-refractivity contribution in [3.05, 3.63) is 102 Å². The van der Waals surface area contributed by atoms with Crippen LogP contribution in [0.15, 0.2) is 85.1 Å². The van der Waals surface area contributed by atoms with Gasteiger partial charge in [0.25, 0.3) is 0 Å². The second kappa shape index (κ2) is 6.78. The first-order valence-electron chi connectivity index (χ1n) is 11.8. The highest BCUT2D eigenvalue weighted by molar-refractivity contribution is 5.96. The smallest absolute Gasteiger partial charge is 0.0749 e. The summed E-state index contributed by atoms with van der Waals surface area (Å²) < 4.78 is 0. The SMILES string of the molecule is CC(C)(C)c1ccc2ccc(-c3nccc4c3C(C)(C)c3cc5ccccc5cc3-4)cc2c1. The van der Waals surface area contributed by atoms with E-state index < -0.39 is 0 Å². The molecule has 0 aliphatic heterocycles. The maximum absolute atomic E-state index is 4.95. The molecule has 0 spiro atoms. The van der Waals surface area contributed by atoms with Crippen molar-refractivity contribution in [3.8, 4) is 22.4 Å². The van der Waals surface area contributed by atoms with Gasteiger partial charge in [0.1, 0.15) is 0 Å². The molecule has 0 radical (unpaired) electrons. The topological polar surface area (TPSA) is 12.9 Å². The maximum atomic E-state index is 4.95.